The highest BCUT2D eigenvalue weighted by Crippen LogP contribution is 1.98. The normalized spacial score (nSPS) is 9.30. The van der Waals surface area contributed by atoms with Gasteiger partial charge in [0.05, 0.1) is 0 Å². The summed E-state index contributed by atoms with van der Waals surface area (Å²) in [5.74, 6) is 3.58. The van der Waals surface area contributed by atoms with Crippen LogP contribution in [-0.4, -0.2) is 5.75 Å². The van der Waals surface area contributed by atoms with Gasteiger partial charge in [-0.25, -0.2) is 0 Å². The quantitative estimate of drug-likeness (QED) is 0.485. The Morgan fingerprint density at radius 1 is 1.80 bits per heavy atom. The summed E-state index contributed by atoms with van der Waals surface area (Å²) in [6, 6.07) is 0. The van der Waals surface area contributed by atoms with E-state index < -0.39 is 8.69 Å². The van der Waals surface area contributed by atoms with Gasteiger partial charge in [-0.15, -0.1) is 11.8 Å². The molecule has 0 aromatic rings. The van der Waals surface area contributed by atoms with E-state index in [0.717, 1.165) is 5.75 Å². The van der Waals surface area contributed by atoms with Gasteiger partial charge in [0.15, 0.2) is 6.11 Å². The van der Waals surface area contributed by atoms with Crippen molar-refractivity contribution in [2.45, 2.75) is 6.92 Å². The van der Waals surface area contributed by atoms with Gasteiger partial charge in [0.2, 0.25) is 0 Å². The van der Waals surface area contributed by atoms with Gasteiger partial charge >= 0.3 is 8.69 Å². The lowest BCUT2D eigenvalue weighted by Crippen LogP contribution is -1.57. The molecular weight excluding hydrogens is 167 g/mol. The van der Waals surface area contributed by atoms with Gasteiger partial charge in [-0.2, -0.15) is 4.52 Å². The Labute approximate surface area is 66.3 Å². The first kappa shape index (κ1) is 9.55. The highest BCUT2D eigenvalue weighted by molar-refractivity contribution is 8.02. The van der Waals surface area contributed by atoms with Crippen LogP contribution < -0.4 is 0 Å². The standard InChI is InChI=1S/C6H8O2PS/c1-2-10-6-4-3-5-8-9-7/h4,6,9H,2H2,1H3/q+1. The zero-order valence-electron chi connectivity index (χ0n) is 5.59. The minimum atomic E-state index is -0.794. The van der Waals surface area contributed by atoms with Gasteiger partial charge in [-0.05, 0) is 27.7 Å². The Morgan fingerprint density at radius 3 is 3.20 bits per heavy atom. The van der Waals surface area contributed by atoms with E-state index in [0.29, 0.717) is 0 Å². The maximum atomic E-state index is 9.69. The van der Waals surface area contributed by atoms with Gasteiger partial charge in [0.1, 0.15) is 0 Å². The first-order chi connectivity index (χ1) is 4.91. The fourth-order valence-corrected chi connectivity index (χ4v) is 0.720. The predicted octanol–water partition coefficient (Wildman–Crippen LogP) is 2.17. The number of thioether (sulfide) groups is 1. The van der Waals surface area contributed by atoms with Crippen molar-refractivity contribution in [1.29, 1.82) is 0 Å². The fourth-order valence-electron chi connectivity index (χ4n) is 0.263. The summed E-state index contributed by atoms with van der Waals surface area (Å²) >= 11 is 1.65. The van der Waals surface area contributed by atoms with E-state index in [9.17, 15) is 4.57 Å². The molecule has 0 fully saturated rings. The molecule has 0 rings (SSSR count). The van der Waals surface area contributed by atoms with Gasteiger partial charge in [0, 0.05) is 0 Å². The molecule has 0 saturated carbocycles. The van der Waals surface area contributed by atoms with E-state index in [1.165, 1.54) is 0 Å². The summed E-state index contributed by atoms with van der Waals surface area (Å²) in [6.07, 6.45) is 3.90. The maximum absolute atomic E-state index is 9.69. The third-order valence-corrected chi connectivity index (χ3v) is 1.41. The molecular formula is C6H8O2PS+. The second kappa shape index (κ2) is 8.55. The Bertz CT molecular complexity index is 168. The summed E-state index contributed by atoms with van der Waals surface area (Å²) in [6.45, 7) is 2.05. The van der Waals surface area contributed by atoms with Crippen molar-refractivity contribution >= 4 is 20.4 Å². The predicted molar refractivity (Wildman–Crippen MR) is 45.1 cm³/mol. The summed E-state index contributed by atoms with van der Waals surface area (Å²) in [4.78, 5) is 0. The zero-order valence-corrected chi connectivity index (χ0v) is 7.40. The minimum Gasteiger partial charge on any atom is -0.199 e. The molecule has 10 heavy (non-hydrogen) atoms. The SMILES string of the molecule is CCSC=CC#CO[PH+]=O. The van der Waals surface area contributed by atoms with Crippen LogP contribution in [0.4, 0.5) is 0 Å². The molecule has 54 valence electrons. The molecule has 1 unspecified atom stereocenters. The molecule has 0 aliphatic carbocycles. The van der Waals surface area contributed by atoms with E-state index in [2.05, 4.69) is 23.5 Å². The second-order valence-electron chi connectivity index (χ2n) is 1.19. The smallest absolute Gasteiger partial charge is 0.199 e. The van der Waals surface area contributed by atoms with Crippen molar-refractivity contribution in [3.05, 3.63) is 11.5 Å². The maximum Gasteiger partial charge on any atom is 0.551 e. The molecule has 0 saturated heterocycles. The molecule has 0 N–H and O–H groups in total. The van der Waals surface area contributed by atoms with Crippen LogP contribution in [0.15, 0.2) is 11.5 Å². The van der Waals surface area contributed by atoms with E-state index in [1.54, 1.807) is 17.8 Å². The highest BCUT2D eigenvalue weighted by Gasteiger charge is 1.75. The average molecular weight is 175 g/mol. The molecule has 0 aliphatic rings. The Kier molecular flexibility index (Phi) is 8.17. The van der Waals surface area contributed by atoms with Gasteiger partial charge in [0.25, 0.3) is 0 Å². The Balaban J connectivity index is 3.33. The molecule has 0 aromatic heterocycles. The van der Waals surface area contributed by atoms with E-state index >= 15 is 0 Å². The summed E-state index contributed by atoms with van der Waals surface area (Å²) < 4.78 is 14.0. The van der Waals surface area contributed by atoms with E-state index in [1.807, 2.05) is 5.41 Å². The lowest BCUT2D eigenvalue weighted by molar-refractivity contribution is 0.506. The minimum absolute atomic E-state index is 0.794. The van der Waals surface area contributed by atoms with Crippen molar-refractivity contribution in [2.24, 2.45) is 0 Å². The molecule has 0 spiro atoms. The average Bonchev–Trinajstić information content (AvgIpc) is 1.97. The van der Waals surface area contributed by atoms with Crippen LogP contribution in [-0.2, 0) is 9.09 Å². The molecule has 4 heteroatoms. The second-order valence-corrected chi connectivity index (χ2v) is 2.74. The molecule has 0 radical (unpaired) electrons. The third kappa shape index (κ3) is 7.55. The lowest BCUT2D eigenvalue weighted by Gasteiger charge is -1.77. The highest BCUT2D eigenvalue weighted by atomic mass is 32.2. The zero-order chi connectivity index (χ0) is 7.66. The van der Waals surface area contributed by atoms with Crippen LogP contribution in [0, 0.1) is 12.0 Å². The largest absolute Gasteiger partial charge is 0.551 e. The van der Waals surface area contributed by atoms with Crippen LogP contribution in [0.2, 0.25) is 0 Å². The molecule has 0 aromatic carbocycles. The topological polar surface area (TPSA) is 26.3 Å². The fraction of sp³-hybridized carbons (Fsp3) is 0.333. The van der Waals surface area contributed by atoms with Gasteiger partial charge in [-0.3, -0.25) is 0 Å². The molecule has 0 amide bonds. The van der Waals surface area contributed by atoms with E-state index in [4.69, 9.17) is 0 Å². The number of rotatable bonds is 3. The van der Waals surface area contributed by atoms with Gasteiger partial charge in [-0.1, -0.05) is 6.92 Å². The summed E-state index contributed by atoms with van der Waals surface area (Å²) in [7, 11) is -0.794. The Morgan fingerprint density at radius 2 is 2.60 bits per heavy atom. The number of allylic oxidation sites excluding steroid dienone is 1. The van der Waals surface area contributed by atoms with Crippen molar-refractivity contribution in [2.75, 3.05) is 5.75 Å². The van der Waals surface area contributed by atoms with Crippen LogP contribution in [0.3, 0.4) is 0 Å². The van der Waals surface area contributed by atoms with E-state index in [-0.39, 0.29) is 0 Å². The van der Waals surface area contributed by atoms with Crippen molar-refractivity contribution < 1.29 is 9.09 Å². The van der Waals surface area contributed by atoms with Crippen molar-refractivity contribution in [1.82, 2.24) is 0 Å². The first-order valence-electron chi connectivity index (χ1n) is 2.72. The number of hydrogen-bond donors (Lipinski definition) is 0. The number of hydrogen-bond acceptors (Lipinski definition) is 3. The third-order valence-electron chi connectivity index (χ3n) is 0.566. The Hall–Kier alpha value is -0.450. The van der Waals surface area contributed by atoms with Crippen molar-refractivity contribution in [3.63, 3.8) is 0 Å². The van der Waals surface area contributed by atoms with Crippen LogP contribution in [0.5, 0.6) is 0 Å². The first-order valence-corrected chi connectivity index (χ1v) is 4.58. The summed E-state index contributed by atoms with van der Waals surface area (Å²) in [5.41, 5.74) is 0. The van der Waals surface area contributed by atoms with Gasteiger partial charge < -0.3 is 0 Å². The molecule has 0 aliphatic heterocycles. The molecule has 0 bridgehead atoms. The van der Waals surface area contributed by atoms with Crippen molar-refractivity contribution in [3.8, 4) is 12.0 Å². The molecule has 0 heterocycles. The van der Waals surface area contributed by atoms with Crippen LogP contribution >= 0.6 is 20.4 Å². The monoisotopic (exact) mass is 175 g/mol. The van der Waals surface area contributed by atoms with Crippen LogP contribution in [0.1, 0.15) is 6.92 Å². The molecule has 2 nitrogen and oxygen atoms in total. The molecule has 1 atom stereocenters. The summed E-state index contributed by atoms with van der Waals surface area (Å²) in [5, 5.41) is 1.87. The lowest BCUT2D eigenvalue weighted by atomic mass is 10.7. The van der Waals surface area contributed by atoms with Crippen LogP contribution in [0.25, 0.3) is 0 Å².